The molecule has 0 saturated heterocycles. The molecule has 0 heterocycles. The number of nitrogens with two attached hydrogens (primary N) is 1. The van der Waals surface area contributed by atoms with Gasteiger partial charge in [0.1, 0.15) is 0 Å². The van der Waals surface area contributed by atoms with Gasteiger partial charge in [-0.2, -0.15) is 11.8 Å². The van der Waals surface area contributed by atoms with Crippen molar-refractivity contribution in [1.29, 1.82) is 0 Å². The predicted molar refractivity (Wildman–Crippen MR) is 86.7 cm³/mol. The summed E-state index contributed by atoms with van der Waals surface area (Å²) in [6.45, 7) is 4.17. The summed E-state index contributed by atoms with van der Waals surface area (Å²) in [7, 11) is -3.52. The zero-order valence-electron chi connectivity index (χ0n) is 11.7. The van der Waals surface area contributed by atoms with Crippen LogP contribution in [0.5, 0.6) is 0 Å². The van der Waals surface area contributed by atoms with Crippen LogP contribution in [0.3, 0.4) is 0 Å². The van der Waals surface area contributed by atoms with Crippen LogP contribution in [0.2, 0.25) is 5.02 Å². The molecule has 1 aromatic carbocycles. The Morgan fingerprint density at radius 1 is 1.45 bits per heavy atom. The molecule has 0 bridgehead atoms. The monoisotopic (exact) mass is 336 g/mol. The van der Waals surface area contributed by atoms with Gasteiger partial charge < -0.3 is 5.73 Å². The summed E-state index contributed by atoms with van der Waals surface area (Å²) >= 11 is 7.74. The average molecular weight is 337 g/mol. The van der Waals surface area contributed by atoms with Gasteiger partial charge in [-0.15, -0.1) is 0 Å². The molecule has 0 aliphatic heterocycles. The zero-order valence-corrected chi connectivity index (χ0v) is 14.1. The molecule has 1 rings (SSSR count). The van der Waals surface area contributed by atoms with Gasteiger partial charge in [-0.1, -0.05) is 18.5 Å². The Labute approximate surface area is 130 Å². The summed E-state index contributed by atoms with van der Waals surface area (Å²) in [5, 5.41) is 0.485. The van der Waals surface area contributed by atoms with Crippen molar-refractivity contribution in [1.82, 2.24) is 4.72 Å². The first-order valence-electron chi connectivity index (χ1n) is 6.49. The third-order valence-corrected chi connectivity index (χ3v) is 5.69. The van der Waals surface area contributed by atoms with Crippen molar-refractivity contribution in [2.24, 2.45) is 5.73 Å². The van der Waals surface area contributed by atoms with Crippen LogP contribution in [-0.2, 0) is 16.6 Å². The smallest absolute Gasteiger partial charge is 0.240 e. The molecule has 0 radical (unpaired) electrons. The minimum Gasteiger partial charge on any atom is -0.326 e. The fourth-order valence-electron chi connectivity index (χ4n) is 1.67. The molecule has 1 atom stereocenters. The maximum Gasteiger partial charge on any atom is 0.240 e. The normalized spacial score (nSPS) is 13.4. The first kappa shape index (κ1) is 17.8. The standard InChI is InChI=1S/C13H21ClN2O2S2/c1-3-19-7-6-10(2)16-20(17,18)12-4-5-13(14)11(8-12)9-15/h4-5,8,10,16H,3,6-7,9,15H2,1-2H3. The van der Waals surface area contributed by atoms with Crippen molar-refractivity contribution < 1.29 is 8.42 Å². The highest BCUT2D eigenvalue weighted by atomic mass is 35.5. The van der Waals surface area contributed by atoms with E-state index in [0.717, 1.165) is 17.9 Å². The van der Waals surface area contributed by atoms with Crippen molar-refractivity contribution in [2.75, 3.05) is 11.5 Å². The maximum absolute atomic E-state index is 12.3. The van der Waals surface area contributed by atoms with Crippen molar-refractivity contribution >= 4 is 33.4 Å². The lowest BCUT2D eigenvalue weighted by Gasteiger charge is -2.14. The Morgan fingerprint density at radius 3 is 2.75 bits per heavy atom. The Hall–Kier alpha value is -0.270. The van der Waals surface area contributed by atoms with Gasteiger partial charge in [-0.05, 0) is 48.6 Å². The third-order valence-electron chi connectivity index (χ3n) is 2.80. The Balaban J connectivity index is 2.78. The van der Waals surface area contributed by atoms with E-state index in [4.69, 9.17) is 17.3 Å². The predicted octanol–water partition coefficient (Wildman–Crippen LogP) is 2.61. The second kappa shape index (κ2) is 8.24. The van der Waals surface area contributed by atoms with Gasteiger partial charge in [-0.25, -0.2) is 13.1 Å². The van der Waals surface area contributed by atoms with Crippen LogP contribution in [0.25, 0.3) is 0 Å². The first-order valence-corrected chi connectivity index (χ1v) is 9.50. The van der Waals surface area contributed by atoms with E-state index in [1.165, 1.54) is 12.1 Å². The number of halogens is 1. The lowest BCUT2D eigenvalue weighted by atomic mass is 10.2. The Bertz CT molecular complexity index is 535. The quantitative estimate of drug-likeness (QED) is 0.716. The molecule has 114 valence electrons. The molecule has 3 N–H and O–H groups in total. The topological polar surface area (TPSA) is 72.2 Å². The second-order valence-corrected chi connectivity index (χ2v) is 7.98. The number of hydrogen-bond donors (Lipinski definition) is 2. The molecular formula is C13H21ClN2O2S2. The molecule has 0 spiro atoms. The van der Waals surface area contributed by atoms with E-state index >= 15 is 0 Å². The molecule has 7 heteroatoms. The first-order chi connectivity index (χ1) is 9.40. The van der Waals surface area contributed by atoms with Crippen LogP contribution < -0.4 is 10.5 Å². The van der Waals surface area contributed by atoms with Crippen LogP contribution in [0, 0.1) is 0 Å². The van der Waals surface area contributed by atoms with E-state index in [1.807, 2.05) is 6.92 Å². The Morgan fingerprint density at radius 2 is 2.15 bits per heavy atom. The lowest BCUT2D eigenvalue weighted by molar-refractivity contribution is 0.557. The van der Waals surface area contributed by atoms with Crippen LogP contribution in [0.4, 0.5) is 0 Å². The lowest BCUT2D eigenvalue weighted by Crippen LogP contribution is -2.33. The fourth-order valence-corrected chi connectivity index (χ4v) is 4.00. The van der Waals surface area contributed by atoms with E-state index < -0.39 is 10.0 Å². The molecule has 0 amide bonds. The molecule has 0 fully saturated rings. The molecular weight excluding hydrogens is 316 g/mol. The van der Waals surface area contributed by atoms with Crippen molar-refractivity contribution in [3.05, 3.63) is 28.8 Å². The number of benzene rings is 1. The average Bonchev–Trinajstić information content (AvgIpc) is 2.38. The van der Waals surface area contributed by atoms with Gasteiger partial charge in [0.15, 0.2) is 0 Å². The molecule has 1 aromatic rings. The van der Waals surface area contributed by atoms with Gasteiger partial charge in [-0.3, -0.25) is 0 Å². The number of rotatable bonds is 8. The third kappa shape index (κ3) is 5.26. The molecule has 0 aromatic heterocycles. The second-order valence-electron chi connectivity index (χ2n) is 4.47. The summed E-state index contributed by atoms with van der Waals surface area (Å²) in [6, 6.07) is 4.49. The number of hydrogen-bond acceptors (Lipinski definition) is 4. The minimum atomic E-state index is -3.52. The molecule has 0 saturated carbocycles. The van der Waals surface area contributed by atoms with E-state index in [1.54, 1.807) is 17.8 Å². The van der Waals surface area contributed by atoms with Crippen LogP contribution in [0.1, 0.15) is 25.8 Å². The van der Waals surface area contributed by atoms with Gasteiger partial charge in [0.25, 0.3) is 0 Å². The SMILES string of the molecule is CCSCCC(C)NS(=O)(=O)c1ccc(Cl)c(CN)c1. The molecule has 4 nitrogen and oxygen atoms in total. The number of thioether (sulfide) groups is 1. The summed E-state index contributed by atoms with van der Waals surface area (Å²) in [4.78, 5) is 0.206. The van der Waals surface area contributed by atoms with Crippen LogP contribution in [0.15, 0.2) is 23.1 Å². The van der Waals surface area contributed by atoms with Crippen LogP contribution >= 0.6 is 23.4 Å². The minimum absolute atomic E-state index is 0.101. The van der Waals surface area contributed by atoms with Crippen molar-refractivity contribution in [3.63, 3.8) is 0 Å². The summed E-state index contributed by atoms with van der Waals surface area (Å²) in [5.41, 5.74) is 6.17. The molecule has 0 aliphatic carbocycles. The van der Waals surface area contributed by atoms with Gasteiger partial charge in [0.05, 0.1) is 4.90 Å². The van der Waals surface area contributed by atoms with E-state index in [-0.39, 0.29) is 17.5 Å². The van der Waals surface area contributed by atoms with Gasteiger partial charge >= 0.3 is 0 Å². The Kier molecular flexibility index (Phi) is 7.33. The van der Waals surface area contributed by atoms with Gasteiger partial charge in [0, 0.05) is 17.6 Å². The van der Waals surface area contributed by atoms with E-state index in [9.17, 15) is 8.42 Å². The summed E-state index contributed by atoms with van der Waals surface area (Å²) in [6.07, 6.45) is 0.801. The molecule has 1 unspecified atom stereocenters. The highest BCUT2D eigenvalue weighted by Gasteiger charge is 2.18. The van der Waals surface area contributed by atoms with E-state index in [2.05, 4.69) is 11.6 Å². The fraction of sp³-hybridized carbons (Fsp3) is 0.538. The summed E-state index contributed by atoms with van der Waals surface area (Å²) in [5.74, 6) is 1.98. The molecule has 20 heavy (non-hydrogen) atoms. The van der Waals surface area contributed by atoms with Crippen LogP contribution in [-0.4, -0.2) is 26.0 Å². The number of sulfonamides is 1. The molecule has 0 aliphatic rings. The highest BCUT2D eigenvalue weighted by molar-refractivity contribution is 7.99. The van der Waals surface area contributed by atoms with Gasteiger partial charge in [0.2, 0.25) is 10.0 Å². The highest BCUT2D eigenvalue weighted by Crippen LogP contribution is 2.20. The number of nitrogens with one attached hydrogen (secondary N) is 1. The van der Waals surface area contributed by atoms with Crippen molar-refractivity contribution in [2.45, 2.75) is 37.8 Å². The summed E-state index contributed by atoms with van der Waals surface area (Å²) < 4.78 is 27.2. The maximum atomic E-state index is 12.3. The largest absolute Gasteiger partial charge is 0.326 e. The zero-order chi connectivity index (χ0) is 15.2. The van der Waals surface area contributed by atoms with Crippen molar-refractivity contribution in [3.8, 4) is 0 Å². The van der Waals surface area contributed by atoms with E-state index in [0.29, 0.717) is 10.6 Å².